The van der Waals surface area contributed by atoms with Crippen molar-refractivity contribution in [3.8, 4) is 0 Å². The third kappa shape index (κ3) is 4.36. The molecule has 0 spiro atoms. The zero-order valence-electron chi connectivity index (χ0n) is 10.8. The van der Waals surface area contributed by atoms with Crippen molar-refractivity contribution < 1.29 is 14.3 Å². The predicted octanol–water partition coefficient (Wildman–Crippen LogP) is 2.66. The maximum Gasteiger partial charge on any atom is 0.407 e. The molecule has 1 aliphatic rings. The molecule has 1 N–H and O–H groups in total. The molecular weight excluding hydrogens is 218 g/mol. The summed E-state index contributed by atoms with van der Waals surface area (Å²) in [5.41, 5.74) is 0. The zero-order valence-corrected chi connectivity index (χ0v) is 10.8. The summed E-state index contributed by atoms with van der Waals surface area (Å²) in [5, 5.41) is 2.73. The Bertz CT molecular complexity index is 259. The van der Waals surface area contributed by atoms with Crippen molar-refractivity contribution >= 4 is 11.9 Å². The fourth-order valence-corrected chi connectivity index (χ4v) is 2.45. The Hall–Kier alpha value is -1.06. The van der Waals surface area contributed by atoms with Crippen molar-refractivity contribution in [2.45, 2.75) is 58.4 Å². The number of Topliss-reactive ketones (excluding diaryl/α,β-unsaturated/α-hetero) is 1. The summed E-state index contributed by atoms with van der Waals surface area (Å²) in [6, 6.07) is -0.348. The number of carbonyl (C=O) groups excluding carboxylic acids is 2. The van der Waals surface area contributed by atoms with Crippen molar-refractivity contribution in [3.63, 3.8) is 0 Å². The Morgan fingerprint density at radius 1 is 1.24 bits per heavy atom. The minimum atomic E-state index is -0.468. The maximum absolute atomic E-state index is 11.9. The van der Waals surface area contributed by atoms with E-state index in [0.717, 1.165) is 25.7 Å². The summed E-state index contributed by atoms with van der Waals surface area (Å²) in [5.74, 6) is 0.408. The van der Waals surface area contributed by atoms with Crippen LogP contribution in [0.25, 0.3) is 0 Å². The number of alkyl carbamates (subject to hydrolysis) is 1. The first-order valence-electron chi connectivity index (χ1n) is 6.65. The first-order chi connectivity index (χ1) is 8.19. The molecule has 0 heterocycles. The molecular formula is C13H23NO3. The lowest BCUT2D eigenvalue weighted by molar-refractivity contribution is -0.122. The molecule has 1 atom stereocenters. The molecule has 0 radical (unpaired) electrons. The molecule has 0 bridgehead atoms. The van der Waals surface area contributed by atoms with E-state index >= 15 is 0 Å². The first-order valence-corrected chi connectivity index (χ1v) is 6.65. The van der Waals surface area contributed by atoms with Gasteiger partial charge in [0.2, 0.25) is 0 Å². The highest BCUT2D eigenvalue weighted by Gasteiger charge is 2.29. The molecule has 17 heavy (non-hydrogen) atoms. The van der Waals surface area contributed by atoms with E-state index in [4.69, 9.17) is 4.74 Å². The Morgan fingerprint density at radius 3 is 2.41 bits per heavy atom. The van der Waals surface area contributed by atoms with Crippen LogP contribution in [0.2, 0.25) is 0 Å². The summed E-state index contributed by atoms with van der Waals surface area (Å²) in [6.07, 6.45) is 5.61. The van der Waals surface area contributed by atoms with Crippen molar-refractivity contribution in [3.05, 3.63) is 0 Å². The summed E-state index contributed by atoms with van der Waals surface area (Å²) < 4.78 is 4.86. The van der Waals surface area contributed by atoms with Gasteiger partial charge >= 0.3 is 6.09 Å². The normalized spacial score (nSPS) is 18.5. The lowest BCUT2D eigenvalue weighted by Gasteiger charge is -2.29. The second kappa shape index (κ2) is 7.30. The van der Waals surface area contributed by atoms with E-state index in [1.54, 1.807) is 6.92 Å². The van der Waals surface area contributed by atoms with Gasteiger partial charge in [0.05, 0.1) is 12.6 Å². The third-order valence-electron chi connectivity index (χ3n) is 3.37. The fraction of sp³-hybridized carbons (Fsp3) is 0.846. The van der Waals surface area contributed by atoms with E-state index < -0.39 is 6.09 Å². The quantitative estimate of drug-likeness (QED) is 0.805. The van der Waals surface area contributed by atoms with Crippen molar-refractivity contribution in [1.82, 2.24) is 5.32 Å². The van der Waals surface area contributed by atoms with Crippen LogP contribution < -0.4 is 5.32 Å². The van der Waals surface area contributed by atoms with Crippen LogP contribution in [0.15, 0.2) is 0 Å². The minimum Gasteiger partial charge on any atom is -0.450 e. The van der Waals surface area contributed by atoms with Gasteiger partial charge in [-0.1, -0.05) is 26.2 Å². The number of carbonyl (C=O) groups is 2. The van der Waals surface area contributed by atoms with Crippen LogP contribution in [0.4, 0.5) is 4.79 Å². The predicted molar refractivity (Wildman–Crippen MR) is 65.8 cm³/mol. The van der Waals surface area contributed by atoms with E-state index in [-0.39, 0.29) is 11.8 Å². The molecule has 1 fully saturated rings. The topological polar surface area (TPSA) is 55.4 Å². The highest BCUT2D eigenvalue weighted by atomic mass is 16.5. The molecule has 1 aliphatic carbocycles. The van der Waals surface area contributed by atoms with Crippen LogP contribution >= 0.6 is 0 Å². The van der Waals surface area contributed by atoms with Crippen LogP contribution in [-0.2, 0) is 9.53 Å². The van der Waals surface area contributed by atoms with Gasteiger partial charge in [0.25, 0.3) is 0 Å². The fourth-order valence-electron chi connectivity index (χ4n) is 2.45. The smallest absolute Gasteiger partial charge is 0.407 e. The van der Waals surface area contributed by atoms with Crippen LogP contribution in [-0.4, -0.2) is 24.5 Å². The number of hydrogen-bond donors (Lipinski definition) is 1. The minimum absolute atomic E-state index is 0.116. The average molecular weight is 241 g/mol. The molecule has 1 amide bonds. The largest absolute Gasteiger partial charge is 0.450 e. The van der Waals surface area contributed by atoms with Gasteiger partial charge in [-0.05, 0) is 25.7 Å². The van der Waals surface area contributed by atoms with E-state index in [0.29, 0.717) is 18.9 Å². The van der Waals surface area contributed by atoms with Gasteiger partial charge in [0.15, 0.2) is 5.78 Å². The summed E-state index contributed by atoms with van der Waals surface area (Å²) in [7, 11) is 0. The number of nitrogens with one attached hydrogen (secondary N) is 1. The monoisotopic (exact) mass is 241 g/mol. The Labute approximate surface area is 103 Å². The van der Waals surface area contributed by atoms with Crippen LogP contribution in [0, 0.1) is 5.92 Å². The number of ketones is 1. The Morgan fingerprint density at radius 2 is 1.88 bits per heavy atom. The average Bonchev–Trinajstić information content (AvgIpc) is 2.36. The zero-order chi connectivity index (χ0) is 12.7. The highest BCUT2D eigenvalue weighted by molar-refractivity contribution is 5.87. The van der Waals surface area contributed by atoms with Crippen molar-refractivity contribution in [2.24, 2.45) is 5.92 Å². The molecule has 4 heteroatoms. The van der Waals surface area contributed by atoms with Crippen LogP contribution in [0.5, 0.6) is 0 Å². The van der Waals surface area contributed by atoms with E-state index in [1.165, 1.54) is 6.42 Å². The van der Waals surface area contributed by atoms with Gasteiger partial charge in [0.1, 0.15) is 0 Å². The summed E-state index contributed by atoms with van der Waals surface area (Å²) in [4.78, 5) is 23.3. The van der Waals surface area contributed by atoms with Crippen molar-refractivity contribution in [2.75, 3.05) is 6.61 Å². The SMILES string of the molecule is CCOC(=O)N[C@H](C(=O)CC)C1CCCCC1. The standard InChI is InChI=1S/C13H23NO3/c1-3-11(15)12(14-13(16)17-4-2)10-8-6-5-7-9-10/h10,12H,3-9H2,1-2H3,(H,14,16)/t12-/m0/s1. The van der Waals surface area contributed by atoms with E-state index in [2.05, 4.69) is 5.32 Å². The van der Waals surface area contributed by atoms with Crippen molar-refractivity contribution in [1.29, 1.82) is 0 Å². The number of ether oxygens (including phenoxy) is 1. The third-order valence-corrected chi connectivity index (χ3v) is 3.37. The van der Waals surface area contributed by atoms with Crippen LogP contribution in [0.1, 0.15) is 52.4 Å². The van der Waals surface area contributed by atoms with Gasteiger partial charge in [-0.2, -0.15) is 0 Å². The molecule has 0 aliphatic heterocycles. The molecule has 1 saturated carbocycles. The van der Waals surface area contributed by atoms with Gasteiger partial charge in [-0.3, -0.25) is 4.79 Å². The lowest BCUT2D eigenvalue weighted by Crippen LogP contribution is -2.46. The second-order valence-electron chi connectivity index (χ2n) is 4.56. The van der Waals surface area contributed by atoms with Gasteiger partial charge in [0, 0.05) is 6.42 Å². The molecule has 0 aromatic heterocycles. The molecule has 0 unspecified atom stereocenters. The van der Waals surface area contributed by atoms with Crippen LogP contribution in [0.3, 0.4) is 0 Å². The number of hydrogen-bond acceptors (Lipinski definition) is 3. The van der Waals surface area contributed by atoms with Gasteiger partial charge in [-0.15, -0.1) is 0 Å². The maximum atomic E-state index is 11.9. The second-order valence-corrected chi connectivity index (χ2v) is 4.56. The summed E-state index contributed by atoms with van der Waals surface area (Å²) in [6.45, 7) is 3.94. The van der Waals surface area contributed by atoms with E-state index in [9.17, 15) is 9.59 Å². The Balaban J connectivity index is 2.58. The lowest BCUT2D eigenvalue weighted by atomic mass is 9.82. The molecule has 98 valence electrons. The number of amides is 1. The van der Waals surface area contributed by atoms with Gasteiger partial charge < -0.3 is 10.1 Å². The van der Waals surface area contributed by atoms with Gasteiger partial charge in [-0.25, -0.2) is 4.79 Å². The molecule has 4 nitrogen and oxygen atoms in total. The molecule has 0 saturated heterocycles. The molecule has 0 aromatic carbocycles. The molecule has 1 rings (SSSR count). The van der Waals surface area contributed by atoms with E-state index in [1.807, 2.05) is 6.92 Å². The first kappa shape index (κ1) is 14.0. The molecule has 0 aromatic rings. The number of rotatable bonds is 5. The Kier molecular flexibility index (Phi) is 6.01. The summed E-state index contributed by atoms with van der Waals surface area (Å²) >= 11 is 0. The highest BCUT2D eigenvalue weighted by Crippen LogP contribution is 2.27.